The number of hydrogen-bond donors (Lipinski definition) is 0. The van der Waals surface area contributed by atoms with E-state index in [-0.39, 0.29) is 12.1 Å². The van der Waals surface area contributed by atoms with Crippen molar-refractivity contribution >= 4 is 5.97 Å². The predicted molar refractivity (Wildman–Crippen MR) is 80.6 cm³/mol. The molecule has 0 fully saturated rings. The molecule has 0 saturated heterocycles. The zero-order valence-electron chi connectivity index (χ0n) is 13.0. The Labute approximate surface area is 122 Å². The first kappa shape index (κ1) is 16.7. The van der Waals surface area contributed by atoms with Crippen molar-refractivity contribution in [3.05, 3.63) is 35.9 Å². The van der Waals surface area contributed by atoms with Crippen molar-refractivity contribution in [3.63, 3.8) is 0 Å². The van der Waals surface area contributed by atoms with Crippen LogP contribution in [0.5, 0.6) is 0 Å². The molecule has 1 unspecified atom stereocenters. The maximum absolute atomic E-state index is 12.0. The minimum Gasteiger partial charge on any atom is -0.466 e. The lowest BCUT2D eigenvalue weighted by Gasteiger charge is -2.27. The Hall–Kier alpha value is -1.35. The summed E-state index contributed by atoms with van der Waals surface area (Å²) in [5.41, 5.74) is 0.704. The molecular weight excluding hydrogens is 252 g/mol. The van der Waals surface area contributed by atoms with Crippen molar-refractivity contribution in [1.29, 1.82) is 0 Å². The molecule has 1 aromatic carbocycles. The van der Waals surface area contributed by atoms with Crippen LogP contribution >= 0.6 is 0 Å². The third kappa shape index (κ3) is 5.33. The maximum Gasteiger partial charge on any atom is 0.311 e. The van der Waals surface area contributed by atoms with E-state index in [0.717, 1.165) is 6.42 Å². The second-order valence-corrected chi connectivity index (χ2v) is 5.58. The van der Waals surface area contributed by atoms with E-state index in [0.29, 0.717) is 19.6 Å². The number of benzene rings is 1. The summed E-state index contributed by atoms with van der Waals surface area (Å²) in [5.74, 6) is -0.155. The van der Waals surface area contributed by atoms with E-state index in [1.165, 1.54) is 5.56 Å². The normalized spacial score (nSPS) is 13.0. The Balaban J connectivity index is 2.69. The van der Waals surface area contributed by atoms with Crippen LogP contribution in [0.15, 0.2) is 30.3 Å². The lowest BCUT2D eigenvalue weighted by molar-refractivity contribution is -0.155. The van der Waals surface area contributed by atoms with Crippen molar-refractivity contribution in [1.82, 2.24) is 0 Å². The summed E-state index contributed by atoms with van der Waals surface area (Å²) in [7, 11) is 0. The Bertz CT molecular complexity index is 398. The van der Waals surface area contributed by atoms with Gasteiger partial charge in [0.05, 0.1) is 18.1 Å². The maximum atomic E-state index is 12.0. The molecule has 0 bridgehead atoms. The van der Waals surface area contributed by atoms with Gasteiger partial charge >= 0.3 is 5.97 Å². The van der Waals surface area contributed by atoms with Crippen LogP contribution in [0, 0.1) is 5.41 Å². The summed E-state index contributed by atoms with van der Waals surface area (Å²) in [6.45, 7) is 8.72. The summed E-state index contributed by atoms with van der Waals surface area (Å²) in [6.07, 6.45) is 1.51. The number of esters is 1. The number of carbonyl (C=O) groups is 1. The Morgan fingerprint density at radius 1 is 1.15 bits per heavy atom. The topological polar surface area (TPSA) is 35.5 Å². The van der Waals surface area contributed by atoms with Crippen LogP contribution in [0.4, 0.5) is 0 Å². The van der Waals surface area contributed by atoms with Gasteiger partial charge in [-0.15, -0.1) is 0 Å². The number of hydrogen-bond acceptors (Lipinski definition) is 3. The molecule has 1 atom stereocenters. The van der Waals surface area contributed by atoms with E-state index >= 15 is 0 Å². The van der Waals surface area contributed by atoms with Gasteiger partial charge in [0.2, 0.25) is 0 Å². The number of rotatable bonds is 8. The monoisotopic (exact) mass is 278 g/mol. The quantitative estimate of drug-likeness (QED) is 0.681. The molecule has 0 amide bonds. The van der Waals surface area contributed by atoms with Crippen molar-refractivity contribution < 1.29 is 14.3 Å². The molecule has 0 N–H and O–H groups in total. The van der Waals surface area contributed by atoms with Gasteiger partial charge in [-0.05, 0) is 46.1 Å². The molecule has 20 heavy (non-hydrogen) atoms. The predicted octanol–water partition coefficient (Wildman–Crippen LogP) is 3.61. The number of ether oxygens (including phenoxy) is 2. The molecule has 0 radical (unpaired) electrons. The van der Waals surface area contributed by atoms with E-state index in [1.54, 1.807) is 0 Å². The van der Waals surface area contributed by atoms with Gasteiger partial charge < -0.3 is 9.47 Å². The highest BCUT2D eigenvalue weighted by Gasteiger charge is 2.32. The molecular formula is C17H26O3. The lowest BCUT2D eigenvalue weighted by atomic mass is 9.85. The average molecular weight is 278 g/mol. The molecule has 0 spiro atoms. The molecule has 3 nitrogen and oxygen atoms in total. The SMILES string of the molecule is CCOC(=O)C(C)(C)CC(Cc1ccccc1)OCC. The lowest BCUT2D eigenvalue weighted by Crippen LogP contribution is -2.33. The van der Waals surface area contributed by atoms with Gasteiger partial charge in [0.1, 0.15) is 0 Å². The fourth-order valence-electron chi connectivity index (χ4n) is 2.28. The van der Waals surface area contributed by atoms with Crippen LogP contribution < -0.4 is 0 Å². The van der Waals surface area contributed by atoms with Crippen molar-refractivity contribution in [2.24, 2.45) is 5.41 Å². The standard InChI is InChI=1S/C17H26O3/c1-5-19-15(12-14-10-8-7-9-11-14)13-17(3,4)16(18)20-6-2/h7-11,15H,5-6,12-13H2,1-4H3. The van der Waals surface area contributed by atoms with Crippen LogP contribution in [0.3, 0.4) is 0 Å². The second kappa shape index (κ2) is 8.05. The highest BCUT2D eigenvalue weighted by atomic mass is 16.5. The average Bonchev–Trinajstić information content (AvgIpc) is 2.40. The minimum atomic E-state index is -0.523. The molecule has 0 aliphatic rings. The summed E-state index contributed by atoms with van der Waals surface area (Å²) < 4.78 is 10.9. The highest BCUT2D eigenvalue weighted by Crippen LogP contribution is 2.27. The second-order valence-electron chi connectivity index (χ2n) is 5.58. The summed E-state index contributed by atoms with van der Waals surface area (Å²) in [6, 6.07) is 10.2. The van der Waals surface area contributed by atoms with Gasteiger partial charge in [-0.3, -0.25) is 4.79 Å². The van der Waals surface area contributed by atoms with Crippen LogP contribution in [0.25, 0.3) is 0 Å². The van der Waals surface area contributed by atoms with Crippen molar-refractivity contribution in [3.8, 4) is 0 Å². The fraction of sp³-hybridized carbons (Fsp3) is 0.588. The van der Waals surface area contributed by atoms with E-state index < -0.39 is 5.41 Å². The largest absolute Gasteiger partial charge is 0.466 e. The van der Waals surface area contributed by atoms with Gasteiger partial charge in [-0.1, -0.05) is 30.3 Å². The molecule has 1 rings (SSSR count). The molecule has 0 aliphatic carbocycles. The zero-order valence-corrected chi connectivity index (χ0v) is 13.0. The van der Waals surface area contributed by atoms with Crippen LogP contribution in [-0.4, -0.2) is 25.3 Å². The van der Waals surface area contributed by atoms with Gasteiger partial charge in [0, 0.05) is 6.61 Å². The van der Waals surface area contributed by atoms with E-state index in [2.05, 4.69) is 12.1 Å². The molecule has 0 heterocycles. The fourth-order valence-corrected chi connectivity index (χ4v) is 2.28. The van der Waals surface area contributed by atoms with E-state index in [4.69, 9.17) is 9.47 Å². The minimum absolute atomic E-state index is 0.0295. The van der Waals surface area contributed by atoms with Gasteiger partial charge in [-0.2, -0.15) is 0 Å². The third-order valence-electron chi connectivity index (χ3n) is 3.27. The first-order valence-electron chi connectivity index (χ1n) is 7.32. The van der Waals surface area contributed by atoms with Crippen molar-refractivity contribution in [2.45, 2.75) is 46.6 Å². The molecule has 1 aromatic rings. The first-order chi connectivity index (χ1) is 9.49. The van der Waals surface area contributed by atoms with Gasteiger partial charge in [0.15, 0.2) is 0 Å². The molecule has 112 valence electrons. The molecule has 0 aromatic heterocycles. The van der Waals surface area contributed by atoms with Gasteiger partial charge in [-0.25, -0.2) is 0 Å². The Kier molecular flexibility index (Phi) is 6.73. The Morgan fingerprint density at radius 2 is 1.80 bits per heavy atom. The number of carbonyl (C=O) groups excluding carboxylic acids is 1. The van der Waals surface area contributed by atoms with Gasteiger partial charge in [0.25, 0.3) is 0 Å². The Morgan fingerprint density at radius 3 is 2.35 bits per heavy atom. The van der Waals surface area contributed by atoms with Crippen molar-refractivity contribution in [2.75, 3.05) is 13.2 Å². The summed E-state index contributed by atoms with van der Waals surface area (Å²) in [4.78, 5) is 12.0. The van der Waals surface area contributed by atoms with Crippen LogP contribution in [-0.2, 0) is 20.7 Å². The summed E-state index contributed by atoms with van der Waals surface area (Å²) >= 11 is 0. The zero-order chi connectivity index (χ0) is 15.0. The van der Waals surface area contributed by atoms with E-state index in [9.17, 15) is 4.79 Å². The first-order valence-corrected chi connectivity index (χ1v) is 7.32. The van der Waals surface area contributed by atoms with Crippen LogP contribution in [0.2, 0.25) is 0 Å². The third-order valence-corrected chi connectivity index (χ3v) is 3.27. The molecule has 0 aliphatic heterocycles. The summed E-state index contributed by atoms with van der Waals surface area (Å²) in [5, 5.41) is 0. The smallest absolute Gasteiger partial charge is 0.311 e. The molecule has 0 saturated carbocycles. The molecule has 3 heteroatoms. The highest BCUT2D eigenvalue weighted by molar-refractivity contribution is 5.75. The van der Waals surface area contributed by atoms with Crippen LogP contribution in [0.1, 0.15) is 39.7 Å². The van der Waals surface area contributed by atoms with E-state index in [1.807, 2.05) is 45.9 Å².